The first-order valence-electron chi connectivity index (χ1n) is 4.81. The van der Waals surface area contributed by atoms with E-state index < -0.39 is 5.97 Å². The van der Waals surface area contributed by atoms with Crippen molar-refractivity contribution in [2.45, 2.75) is 13.8 Å². The average molecular weight is 217 g/mol. The Labute approximate surface area is 92.4 Å². The molecule has 0 unspecified atom stereocenters. The molecule has 0 amide bonds. The number of aromatic carboxylic acids is 1. The molecular weight excluding hydrogens is 206 g/mol. The minimum atomic E-state index is -1.03. The molecule has 2 rings (SSSR count). The Hall–Kier alpha value is -2.17. The largest absolute Gasteiger partial charge is 0.476 e. The first-order valence-corrected chi connectivity index (χ1v) is 4.81. The van der Waals surface area contributed by atoms with E-state index in [1.165, 1.54) is 10.7 Å². The van der Waals surface area contributed by atoms with E-state index in [9.17, 15) is 4.79 Å². The van der Waals surface area contributed by atoms with E-state index in [1.807, 2.05) is 19.1 Å². The van der Waals surface area contributed by atoms with Crippen LogP contribution in [0.1, 0.15) is 21.7 Å². The van der Waals surface area contributed by atoms with Gasteiger partial charge < -0.3 is 5.11 Å². The summed E-state index contributed by atoms with van der Waals surface area (Å²) in [7, 11) is 0. The Kier molecular flexibility index (Phi) is 2.44. The lowest BCUT2D eigenvalue weighted by Gasteiger charge is -2.03. The van der Waals surface area contributed by atoms with Crippen molar-refractivity contribution >= 4 is 5.97 Å². The maximum Gasteiger partial charge on any atom is 0.356 e. The molecule has 0 spiro atoms. The Morgan fingerprint density at radius 1 is 1.38 bits per heavy atom. The third-order valence-corrected chi connectivity index (χ3v) is 2.22. The van der Waals surface area contributed by atoms with Gasteiger partial charge in [-0.1, -0.05) is 0 Å². The third-order valence-electron chi connectivity index (χ3n) is 2.22. The van der Waals surface area contributed by atoms with E-state index >= 15 is 0 Å². The Bertz CT molecular complexity index is 546. The van der Waals surface area contributed by atoms with Crippen molar-refractivity contribution in [3.8, 4) is 5.82 Å². The molecule has 2 aromatic heterocycles. The van der Waals surface area contributed by atoms with Gasteiger partial charge in [-0.25, -0.2) is 14.5 Å². The molecule has 5 nitrogen and oxygen atoms in total. The van der Waals surface area contributed by atoms with Crippen LogP contribution in [0.25, 0.3) is 5.82 Å². The van der Waals surface area contributed by atoms with Crippen molar-refractivity contribution in [1.29, 1.82) is 0 Å². The summed E-state index contributed by atoms with van der Waals surface area (Å²) in [5.74, 6) is -0.403. The lowest BCUT2D eigenvalue weighted by Crippen LogP contribution is -2.04. The second kappa shape index (κ2) is 3.77. The van der Waals surface area contributed by atoms with E-state index in [2.05, 4.69) is 10.1 Å². The summed E-state index contributed by atoms with van der Waals surface area (Å²) < 4.78 is 1.52. The van der Waals surface area contributed by atoms with Gasteiger partial charge in [0.2, 0.25) is 0 Å². The lowest BCUT2D eigenvalue weighted by atomic mass is 10.3. The van der Waals surface area contributed by atoms with Crippen LogP contribution in [0.5, 0.6) is 0 Å². The molecule has 0 fully saturated rings. The number of hydrogen-bond donors (Lipinski definition) is 1. The maximum atomic E-state index is 10.8. The van der Waals surface area contributed by atoms with Gasteiger partial charge >= 0.3 is 5.97 Å². The van der Waals surface area contributed by atoms with E-state index in [1.54, 1.807) is 13.1 Å². The predicted octanol–water partition coefficient (Wildman–Crippen LogP) is 1.58. The highest BCUT2D eigenvalue weighted by atomic mass is 16.4. The fourth-order valence-corrected chi connectivity index (χ4v) is 1.45. The molecular formula is C11H11N3O2. The highest BCUT2D eigenvalue weighted by molar-refractivity contribution is 5.85. The summed E-state index contributed by atoms with van der Waals surface area (Å²) in [6, 6.07) is 5.25. The molecule has 0 aromatic carbocycles. The third kappa shape index (κ3) is 1.79. The number of carboxylic acids is 1. The number of pyridine rings is 1. The number of carboxylic acid groups (broad SMARTS) is 1. The Morgan fingerprint density at radius 3 is 2.69 bits per heavy atom. The summed E-state index contributed by atoms with van der Waals surface area (Å²) in [5.41, 5.74) is 1.83. The number of rotatable bonds is 2. The van der Waals surface area contributed by atoms with E-state index in [4.69, 9.17) is 5.11 Å². The van der Waals surface area contributed by atoms with Crippen LogP contribution in [0.2, 0.25) is 0 Å². The second-order valence-electron chi connectivity index (χ2n) is 3.58. The van der Waals surface area contributed by atoms with Crippen LogP contribution in [0, 0.1) is 13.8 Å². The van der Waals surface area contributed by atoms with Crippen LogP contribution in [0.4, 0.5) is 0 Å². The lowest BCUT2D eigenvalue weighted by molar-refractivity contribution is 0.0690. The molecule has 1 N–H and O–H groups in total. The Balaban J connectivity index is 2.52. The van der Waals surface area contributed by atoms with Gasteiger partial charge in [-0.15, -0.1) is 0 Å². The molecule has 0 radical (unpaired) electrons. The number of nitrogens with zero attached hydrogens (tertiary/aromatic N) is 3. The van der Waals surface area contributed by atoms with Gasteiger partial charge in [0.1, 0.15) is 0 Å². The van der Waals surface area contributed by atoms with E-state index in [-0.39, 0.29) is 5.69 Å². The highest BCUT2D eigenvalue weighted by Crippen LogP contribution is 2.11. The van der Waals surface area contributed by atoms with Crippen LogP contribution in [-0.2, 0) is 0 Å². The Morgan fingerprint density at radius 2 is 2.12 bits per heavy atom. The fraction of sp³-hybridized carbons (Fsp3) is 0.182. The summed E-state index contributed by atoms with van der Waals surface area (Å²) in [6.45, 7) is 3.74. The van der Waals surface area contributed by atoms with Crippen LogP contribution in [-0.4, -0.2) is 25.8 Å². The van der Waals surface area contributed by atoms with Crippen LogP contribution in [0.3, 0.4) is 0 Å². The van der Waals surface area contributed by atoms with E-state index in [0.29, 0.717) is 5.82 Å². The molecule has 0 saturated carbocycles. The first kappa shape index (κ1) is 10.4. The van der Waals surface area contributed by atoms with Crippen molar-refractivity contribution in [3.63, 3.8) is 0 Å². The van der Waals surface area contributed by atoms with Gasteiger partial charge in [0, 0.05) is 11.9 Å². The second-order valence-corrected chi connectivity index (χ2v) is 3.58. The van der Waals surface area contributed by atoms with Gasteiger partial charge in [-0.2, -0.15) is 5.10 Å². The van der Waals surface area contributed by atoms with Gasteiger partial charge in [-0.3, -0.25) is 0 Å². The minimum absolute atomic E-state index is 0.0285. The zero-order valence-electron chi connectivity index (χ0n) is 9.01. The normalized spacial score (nSPS) is 10.4. The molecule has 82 valence electrons. The summed E-state index contributed by atoms with van der Waals surface area (Å²) in [6.07, 6.45) is 1.67. The standard InChI is InChI=1S/C11H11N3O2/c1-7-3-4-12-10(5-7)14-8(2)6-9(13-14)11(15)16/h3-6H,1-2H3,(H,15,16). The molecule has 0 bridgehead atoms. The molecule has 0 aliphatic heterocycles. The highest BCUT2D eigenvalue weighted by Gasteiger charge is 2.12. The van der Waals surface area contributed by atoms with Crippen LogP contribution >= 0.6 is 0 Å². The van der Waals surface area contributed by atoms with Crippen LogP contribution in [0.15, 0.2) is 24.4 Å². The molecule has 2 heterocycles. The molecule has 0 saturated heterocycles. The van der Waals surface area contributed by atoms with Gasteiger partial charge in [0.05, 0.1) is 0 Å². The first-order chi connectivity index (χ1) is 7.58. The van der Waals surface area contributed by atoms with Gasteiger partial charge in [0.25, 0.3) is 0 Å². The molecule has 0 aliphatic carbocycles. The number of hydrogen-bond acceptors (Lipinski definition) is 3. The van der Waals surface area contributed by atoms with Crippen molar-refractivity contribution in [3.05, 3.63) is 41.3 Å². The van der Waals surface area contributed by atoms with E-state index in [0.717, 1.165) is 11.3 Å². The van der Waals surface area contributed by atoms with Crippen molar-refractivity contribution in [2.75, 3.05) is 0 Å². The zero-order valence-corrected chi connectivity index (χ0v) is 9.01. The molecule has 0 atom stereocenters. The maximum absolute atomic E-state index is 10.8. The summed E-state index contributed by atoms with van der Waals surface area (Å²) in [5, 5.41) is 12.8. The van der Waals surface area contributed by atoms with Crippen molar-refractivity contribution in [2.24, 2.45) is 0 Å². The fourth-order valence-electron chi connectivity index (χ4n) is 1.45. The number of aromatic nitrogens is 3. The zero-order chi connectivity index (χ0) is 11.7. The quantitative estimate of drug-likeness (QED) is 0.829. The molecule has 16 heavy (non-hydrogen) atoms. The molecule has 2 aromatic rings. The molecule has 0 aliphatic rings. The van der Waals surface area contributed by atoms with Crippen molar-refractivity contribution in [1.82, 2.24) is 14.8 Å². The summed E-state index contributed by atoms with van der Waals surface area (Å²) in [4.78, 5) is 14.9. The average Bonchev–Trinajstić information content (AvgIpc) is 2.60. The van der Waals surface area contributed by atoms with Gasteiger partial charge in [-0.05, 0) is 37.6 Å². The topological polar surface area (TPSA) is 68.0 Å². The number of aryl methyl sites for hydroxylation is 2. The smallest absolute Gasteiger partial charge is 0.356 e. The monoisotopic (exact) mass is 217 g/mol. The van der Waals surface area contributed by atoms with Crippen LogP contribution < -0.4 is 0 Å². The minimum Gasteiger partial charge on any atom is -0.476 e. The van der Waals surface area contributed by atoms with Gasteiger partial charge in [0.15, 0.2) is 11.5 Å². The van der Waals surface area contributed by atoms with Crippen molar-refractivity contribution < 1.29 is 9.90 Å². The molecule has 5 heteroatoms. The SMILES string of the molecule is Cc1ccnc(-n2nc(C(=O)O)cc2C)c1. The summed E-state index contributed by atoms with van der Waals surface area (Å²) >= 11 is 0. The number of carbonyl (C=O) groups is 1. The predicted molar refractivity (Wildman–Crippen MR) is 57.8 cm³/mol.